The molecule has 0 aromatic heterocycles. The zero-order chi connectivity index (χ0) is 21.7. The van der Waals surface area contributed by atoms with Gasteiger partial charge in [0.05, 0.1) is 18.4 Å². The molecule has 5 heteroatoms. The quantitative estimate of drug-likeness (QED) is 0.454. The number of anilines is 1. The second kappa shape index (κ2) is 8.82. The molecule has 0 unspecified atom stereocenters. The van der Waals surface area contributed by atoms with Crippen molar-refractivity contribution in [1.82, 2.24) is 0 Å². The second-order valence-corrected chi connectivity index (χ2v) is 7.90. The number of amides is 1. The van der Waals surface area contributed by atoms with Gasteiger partial charge in [-0.05, 0) is 59.5 Å². The van der Waals surface area contributed by atoms with Gasteiger partial charge in [0.1, 0.15) is 5.75 Å². The summed E-state index contributed by atoms with van der Waals surface area (Å²) >= 11 is 0. The Labute approximate surface area is 176 Å². The highest BCUT2D eigenvalue weighted by molar-refractivity contribution is 6.05. The molecular formula is C25H25NO4. The molecule has 0 radical (unpaired) electrons. The van der Waals surface area contributed by atoms with Gasteiger partial charge < -0.3 is 14.8 Å². The molecule has 1 amide bonds. The van der Waals surface area contributed by atoms with Gasteiger partial charge in [-0.25, -0.2) is 4.79 Å². The van der Waals surface area contributed by atoms with E-state index in [9.17, 15) is 9.59 Å². The fraction of sp³-hybridized carbons (Fsp3) is 0.200. The third-order valence-electron chi connectivity index (χ3n) is 4.68. The molecule has 0 saturated carbocycles. The van der Waals surface area contributed by atoms with Gasteiger partial charge in [-0.3, -0.25) is 4.79 Å². The lowest BCUT2D eigenvalue weighted by molar-refractivity contribution is 0.0734. The Morgan fingerprint density at radius 3 is 2.00 bits per heavy atom. The van der Waals surface area contributed by atoms with E-state index >= 15 is 0 Å². The van der Waals surface area contributed by atoms with Gasteiger partial charge in [-0.2, -0.15) is 0 Å². The molecule has 0 atom stereocenters. The van der Waals surface area contributed by atoms with Crippen LogP contribution in [-0.4, -0.2) is 19.0 Å². The first kappa shape index (κ1) is 21.1. The van der Waals surface area contributed by atoms with Crippen LogP contribution in [0, 0.1) is 0 Å². The van der Waals surface area contributed by atoms with Gasteiger partial charge in [0.2, 0.25) is 0 Å². The Kier molecular flexibility index (Phi) is 6.21. The van der Waals surface area contributed by atoms with Gasteiger partial charge >= 0.3 is 5.97 Å². The Balaban J connectivity index is 1.74. The fourth-order valence-corrected chi connectivity index (χ4v) is 2.86. The van der Waals surface area contributed by atoms with Crippen LogP contribution in [0.5, 0.6) is 11.5 Å². The van der Waals surface area contributed by atoms with Gasteiger partial charge in [-0.1, -0.05) is 45.0 Å². The first-order chi connectivity index (χ1) is 14.3. The van der Waals surface area contributed by atoms with Crippen molar-refractivity contribution >= 4 is 17.6 Å². The molecule has 154 valence electrons. The SMILES string of the molecule is COc1ccc(C(=O)Nc2ccccc2OC(=O)c2ccc(C(C)(C)C)cc2)cc1. The summed E-state index contributed by atoms with van der Waals surface area (Å²) in [5, 5.41) is 2.79. The third kappa shape index (κ3) is 5.06. The third-order valence-corrected chi connectivity index (χ3v) is 4.68. The molecule has 3 aromatic carbocycles. The fourth-order valence-electron chi connectivity index (χ4n) is 2.86. The van der Waals surface area contributed by atoms with E-state index in [4.69, 9.17) is 9.47 Å². The zero-order valence-electron chi connectivity index (χ0n) is 17.6. The second-order valence-electron chi connectivity index (χ2n) is 7.90. The smallest absolute Gasteiger partial charge is 0.343 e. The van der Waals surface area contributed by atoms with E-state index in [1.807, 2.05) is 12.1 Å². The van der Waals surface area contributed by atoms with E-state index in [1.54, 1.807) is 67.8 Å². The Hall–Kier alpha value is -3.60. The Morgan fingerprint density at radius 2 is 1.40 bits per heavy atom. The van der Waals surface area contributed by atoms with Gasteiger partial charge in [0.15, 0.2) is 5.75 Å². The summed E-state index contributed by atoms with van der Waals surface area (Å²) in [4.78, 5) is 25.2. The van der Waals surface area contributed by atoms with Crippen molar-refractivity contribution in [2.45, 2.75) is 26.2 Å². The van der Waals surface area contributed by atoms with Gasteiger partial charge in [-0.15, -0.1) is 0 Å². The van der Waals surface area contributed by atoms with Crippen molar-refractivity contribution in [3.05, 3.63) is 89.5 Å². The summed E-state index contributed by atoms with van der Waals surface area (Å²) < 4.78 is 10.7. The summed E-state index contributed by atoms with van der Waals surface area (Å²) in [6.07, 6.45) is 0. The van der Waals surface area contributed by atoms with E-state index in [1.165, 1.54) is 0 Å². The predicted octanol–water partition coefficient (Wildman–Crippen LogP) is 5.46. The van der Waals surface area contributed by atoms with E-state index in [0.717, 1.165) is 5.56 Å². The van der Waals surface area contributed by atoms with Gasteiger partial charge in [0.25, 0.3) is 5.91 Å². The van der Waals surface area contributed by atoms with Crippen molar-refractivity contribution in [3.63, 3.8) is 0 Å². The van der Waals surface area contributed by atoms with E-state index < -0.39 is 5.97 Å². The summed E-state index contributed by atoms with van der Waals surface area (Å²) in [6.45, 7) is 6.34. The van der Waals surface area contributed by atoms with Crippen molar-refractivity contribution in [2.75, 3.05) is 12.4 Å². The van der Waals surface area contributed by atoms with Crippen LogP contribution in [0.4, 0.5) is 5.69 Å². The molecule has 0 fully saturated rings. The van der Waals surface area contributed by atoms with Crippen LogP contribution in [0.2, 0.25) is 0 Å². The Bertz CT molecular complexity index is 1030. The molecular weight excluding hydrogens is 378 g/mol. The van der Waals surface area contributed by atoms with Crippen LogP contribution in [0.25, 0.3) is 0 Å². The number of ether oxygens (including phenoxy) is 2. The predicted molar refractivity (Wildman–Crippen MR) is 117 cm³/mol. The number of esters is 1. The first-order valence-corrected chi connectivity index (χ1v) is 9.65. The molecule has 3 rings (SSSR count). The first-order valence-electron chi connectivity index (χ1n) is 9.65. The number of para-hydroxylation sites is 2. The number of hydrogen-bond donors (Lipinski definition) is 1. The van der Waals surface area contributed by atoms with Crippen molar-refractivity contribution in [1.29, 1.82) is 0 Å². The average Bonchev–Trinajstić information content (AvgIpc) is 2.74. The molecule has 0 heterocycles. The van der Waals surface area contributed by atoms with Crippen LogP contribution in [0.3, 0.4) is 0 Å². The molecule has 5 nitrogen and oxygen atoms in total. The van der Waals surface area contributed by atoms with Crippen LogP contribution in [-0.2, 0) is 5.41 Å². The maximum absolute atomic E-state index is 12.6. The topological polar surface area (TPSA) is 64.6 Å². The summed E-state index contributed by atoms with van der Waals surface area (Å²) in [6, 6.07) is 20.9. The van der Waals surface area contributed by atoms with Crippen molar-refractivity contribution in [2.24, 2.45) is 0 Å². The minimum atomic E-state index is -0.485. The minimum absolute atomic E-state index is 0.000766. The number of carbonyl (C=O) groups excluding carboxylic acids is 2. The van der Waals surface area contributed by atoms with Crippen LogP contribution in [0.15, 0.2) is 72.8 Å². The van der Waals surface area contributed by atoms with Crippen LogP contribution in [0.1, 0.15) is 47.1 Å². The highest BCUT2D eigenvalue weighted by Crippen LogP contribution is 2.27. The molecule has 0 aliphatic carbocycles. The maximum atomic E-state index is 12.6. The largest absolute Gasteiger partial charge is 0.497 e. The molecule has 3 aromatic rings. The monoisotopic (exact) mass is 403 g/mol. The summed E-state index contributed by atoms with van der Waals surface area (Å²) in [5.74, 6) is 0.153. The lowest BCUT2D eigenvalue weighted by atomic mass is 9.87. The van der Waals surface area contributed by atoms with Gasteiger partial charge in [0, 0.05) is 5.56 Å². The summed E-state index contributed by atoms with van der Waals surface area (Å²) in [7, 11) is 1.57. The van der Waals surface area contributed by atoms with Crippen molar-refractivity contribution < 1.29 is 19.1 Å². The Morgan fingerprint density at radius 1 is 0.800 bits per heavy atom. The number of methoxy groups -OCH3 is 1. The lowest BCUT2D eigenvalue weighted by Crippen LogP contribution is -2.15. The normalized spacial score (nSPS) is 10.9. The minimum Gasteiger partial charge on any atom is -0.497 e. The molecule has 0 spiro atoms. The molecule has 1 N–H and O–H groups in total. The molecule has 0 bridgehead atoms. The maximum Gasteiger partial charge on any atom is 0.343 e. The van der Waals surface area contributed by atoms with E-state index in [0.29, 0.717) is 22.6 Å². The highest BCUT2D eigenvalue weighted by Gasteiger charge is 2.17. The molecule has 0 saturated heterocycles. The zero-order valence-corrected chi connectivity index (χ0v) is 17.6. The number of hydrogen-bond acceptors (Lipinski definition) is 4. The lowest BCUT2D eigenvalue weighted by Gasteiger charge is -2.19. The van der Waals surface area contributed by atoms with Crippen molar-refractivity contribution in [3.8, 4) is 11.5 Å². The van der Waals surface area contributed by atoms with Crippen LogP contribution >= 0.6 is 0 Å². The average molecular weight is 403 g/mol. The number of nitrogens with one attached hydrogen (secondary N) is 1. The van der Waals surface area contributed by atoms with E-state index in [-0.39, 0.29) is 17.1 Å². The highest BCUT2D eigenvalue weighted by atomic mass is 16.5. The molecule has 30 heavy (non-hydrogen) atoms. The molecule has 0 aliphatic rings. The standard InChI is InChI=1S/C25H25NO4/c1-25(2,3)19-13-9-18(10-14-19)24(28)30-22-8-6-5-7-21(22)26-23(27)17-11-15-20(29-4)16-12-17/h5-16H,1-4H3,(H,26,27). The number of benzene rings is 3. The summed E-state index contributed by atoms with van der Waals surface area (Å²) in [5.41, 5.74) is 2.46. The van der Waals surface area contributed by atoms with E-state index in [2.05, 4.69) is 26.1 Å². The number of rotatable bonds is 5. The number of carbonyl (C=O) groups is 2. The molecule has 0 aliphatic heterocycles. The van der Waals surface area contributed by atoms with Crippen LogP contribution < -0.4 is 14.8 Å².